The Kier molecular flexibility index (Phi) is 3.69. The van der Waals surface area contributed by atoms with E-state index in [2.05, 4.69) is 5.32 Å². The summed E-state index contributed by atoms with van der Waals surface area (Å²) in [6.45, 7) is 0. The van der Waals surface area contributed by atoms with Crippen LogP contribution < -0.4 is 5.32 Å². The number of nitrogens with one attached hydrogen (secondary N) is 1. The summed E-state index contributed by atoms with van der Waals surface area (Å²) < 4.78 is 26.7. The van der Waals surface area contributed by atoms with Crippen LogP contribution in [0.15, 0.2) is 18.2 Å². The maximum atomic E-state index is 13.4. The molecule has 2 rings (SSSR count). The van der Waals surface area contributed by atoms with Crippen molar-refractivity contribution < 1.29 is 18.4 Å². The van der Waals surface area contributed by atoms with Crippen molar-refractivity contribution in [3.63, 3.8) is 0 Å². The van der Waals surface area contributed by atoms with Gasteiger partial charge in [0.2, 0.25) is 0 Å². The summed E-state index contributed by atoms with van der Waals surface area (Å²) in [6, 6.07) is 3.11. The molecule has 0 aliphatic heterocycles. The average molecular weight is 253 g/mol. The lowest BCUT2D eigenvalue weighted by atomic mass is 9.94. The number of Topliss-reactive ketones (excluding diaryl/α,β-unsaturated/α-hetero) is 1. The molecule has 1 aromatic rings. The van der Waals surface area contributed by atoms with Crippen LogP contribution >= 0.6 is 0 Å². The van der Waals surface area contributed by atoms with E-state index in [1.54, 1.807) is 0 Å². The van der Waals surface area contributed by atoms with Gasteiger partial charge in [-0.2, -0.15) is 0 Å². The topological polar surface area (TPSA) is 46.2 Å². The van der Waals surface area contributed by atoms with Gasteiger partial charge >= 0.3 is 0 Å². The van der Waals surface area contributed by atoms with Crippen LogP contribution in [0, 0.1) is 11.6 Å². The monoisotopic (exact) mass is 253 g/mol. The van der Waals surface area contributed by atoms with E-state index < -0.39 is 23.1 Å². The molecule has 0 bridgehead atoms. The lowest BCUT2D eigenvalue weighted by Gasteiger charge is -2.22. The van der Waals surface area contributed by atoms with E-state index in [0.29, 0.717) is 25.7 Å². The number of benzene rings is 1. The number of ketones is 1. The molecule has 0 atom stereocenters. The highest BCUT2D eigenvalue weighted by Crippen LogP contribution is 2.17. The van der Waals surface area contributed by atoms with Crippen LogP contribution in [-0.4, -0.2) is 17.7 Å². The van der Waals surface area contributed by atoms with Crippen molar-refractivity contribution in [3.05, 3.63) is 35.4 Å². The first kappa shape index (κ1) is 12.7. The fourth-order valence-corrected chi connectivity index (χ4v) is 2.06. The summed E-state index contributed by atoms with van der Waals surface area (Å²) in [4.78, 5) is 22.8. The summed E-state index contributed by atoms with van der Waals surface area (Å²) in [5.41, 5.74) is -0.561. The van der Waals surface area contributed by atoms with Gasteiger partial charge in [-0.15, -0.1) is 0 Å². The van der Waals surface area contributed by atoms with Gasteiger partial charge in [-0.1, -0.05) is 6.07 Å². The third kappa shape index (κ3) is 2.72. The second kappa shape index (κ2) is 5.25. The molecular formula is C13H13F2NO2. The van der Waals surface area contributed by atoms with Crippen molar-refractivity contribution in [1.82, 2.24) is 5.32 Å². The molecule has 0 heterocycles. The zero-order chi connectivity index (χ0) is 13.1. The Morgan fingerprint density at radius 1 is 1.17 bits per heavy atom. The molecule has 0 aromatic heterocycles. The van der Waals surface area contributed by atoms with Crippen LogP contribution in [0.4, 0.5) is 8.78 Å². The molecule has 1 amide bonds. The van der Waals surface area contributed by atoms with Gasteiger partial charge in [0.15, 0.2) is 0 Å². The molecule has 1 fully saturated rings. The summed E-state index contributed by atoms with van der Waals surface area (Å²) in [6.07, 6.45) is 1.87. The quantitative estimate of drug-likeness (QED) is 0.878. The summed E-state index contributed by atoms with van der Waals surface area (Å²) in [5, 5.41) is 2.57. The van der Waals surface area contributed by atoms with E-state index in [4.69, 9.17) is 0 Å². The van der Waals surface area contributed by atoms with E-state index in [9.17, 15) is 18.4 Å². The summed E-state index contributed by atoms with van der Waals surface area (Å²) >= 11 is 0. The number of hydrogen-bond acceptors (Lipinski definition) is 2. The molecule has 1 aliphatic carbocycles. The second-order valence-corrected chi connectivity index (χ2v) is 4.38. The van der Waals surface area contributed by atoms with Crippen molar-refractivity contribution in [2.45, 2.75) is 31.7 Å². The lowest BCUT2D eigenvalue weighted by molar-refractivity contribution is -0.120. The number of halogens is 2. The number of amides is 1. The molecule has 1 aliphatic rings. The molecule has 0 spiro atoms. The Hall–Kier alpha value is -1.78. The predicted molar refractivity (Wildman–Crippen MR) is 61.1 cm³/mol. The van der Waals surface area contributed by atoms with Gasteiger partial charge in [-0.05, 0) is 25.0 Å². The largest absolute Gasteiger partial charge is 0.349 e. The van der Waals surface area contributed by atoms with E-state index in [1.165, 1.54) is 6.07 Å². The SMILES string of the molecule is O=C1CCC(NC(=O)c2c(F)cccc2F)CC1. The van der Waals surface area contributed by atoms with E-state index in [1.807, 2.05) is 0 Å². The molecule has 3 nitrogen and oxygen atoms in total. The van der Waals surface area contributed by atoms with Crippen LogP contribution in [-0.2, 0) is 4.79 Å². The third-order valence-electron chi connectivity index (χ3n) is 3.07. The first-order valence-corrected chi connectivity index (χ1v) is 5.84. The van der Waals surface area contributed by atoms with Crippen LogP contribution in [0.25, 0.3) is 0 Å². The highest BCUT2D eigenvalue weighted by atomic mass is 19.1. The molecule has 1 N–H and O–H groups in total. The maximum Gasteiger partial charge on any atom is 0.257 e. The number of hydrogen-bond donors (Lipinski definition) is 1. The van der Waals surface area contributed by atoms with Crippen LogP contribution in [0.3, 0.4) is 0 Å². The smallest absolute Gasteiger partial charge is 0.257 e. The minimum atomic E-state index is -0.876. The fraction of sp³-hybridized carbons (Fsp3) is 0.385. The van der Waals surface area contributed by atoms with Gasteiger partial charge in [0.1, 0.15) is 23.0 Å². The van der Waals surface area contributed by atoms with Gasteiger partial charge in [0.05, 0.1) is 0 Å². The normalized spacial score (nSPS) is 16.7. The minimum absolute atomic E-state index is 0.164. The first-order valence-electron chi connectivity index (χ1n) is 5.84. The molecule has 1 aromatic carbocycles. The van der Waals surface area contributed by atoms with Crippen molar-refractivity contribution >= 4 is 11.7 Å². The Labute approximate surface area is 103 Å². The highest BCUT2D eigenvalue weighted by Gasteiger charge is 2.23. The predicted octanol–water partition coefficient (Wildman–Crippen LogP) is 2.21. The molecule has 1 saturated carbocycles. The number of carbonyl (C=O) groups excluding carboxylic acids is 2. The highest BCUT2D eigenvalue weighted by molar-refractivity contribution is 5.95. The molecule has 96 valence electrons. The maximum absolute atomic E-state index is 13.4. The van der Waals surface area contributed by atoms with Gasteiger partial charge < -0.3 is 5.32 Å². The molecule has 0 unspecified atom stereocenters. The zero-order valence-corrected chi connectivity index (χ0v) is 9.71. The Bertz CT molecular complexity index is 458. The summed E-state index contributed by atoms with van der Waals surface area (Å²) in [5.74, 6) is -2.35. The van der Waals surface area contributed by atoms with Crippen LogP contribution in [0.5, 0.6) is 0 Å². The van der Waals surface area contributed by atoms with Gasteiger partial charge in [0, 0.05) is 18.9 Å². The van der Waals surface area contributed by atoms with Gasteiger partial charge in [0.25, 0.3) is 5.91 Å². The zero-order valence-electron chi connectivity index (χ0n) is 9.71. The third-order valence-corrected chi connectivity index (χ3v) is 3.07. The van der Waals surface area contributed by atoms with Gasteiger partial charge in [-0.3, -0.25) is 9.59 Å². The van der Waals surface area contributed by atoms with E-state index >= 15 is 0 Å². The standard InChI is InChI=1S/C13H13F2NO2/c14-10-2-1-3-11(15)12(10)13(18)16-8-4-6-9(17)7-5-8/h1-3,8H,4-7H2,(H,16,18). The number of carbonyl (C=O) groups is 2. The number of rotatable bonds is 2. The van der Waals surface area contributed by atoms with Crippen LogP contribution in [0.2, 0.25) is 0 Å². The average Bonchev–Trinajstić information content (AvgIpc) is 2.32. The van der Waals surface area contributed by atoms with Crippen molar-refractivity contribution in [1.29, 1.82) is 0 Å². The molecule has 18 heavy (non-hydrogen) atoms. The first-order chi connectivity index (χ1) is 8.58. The summed E-state index contributed by atoms with van der Waals surface area (Å²) in [7, 11) is 0. The van der Waals surface area contributed by atoms with Crippen molar-refractivity contribution in [2.75, 3.05) is 0 Å². The Morgan fingerprint density at radius 3 is 2.28 bits per heavy atom. The Morgan fingerprint density at radius 2 is 1.72 bits per heavy atom. The van der Waals surface area contributed by atoms with E-state index in [-0.39, 0.29) is 11.8 Å². The second-order valence-electron chi connectivity index (χ2n) is 4.38. The molecular weight excluding hydrogens is 240 g/mol. The molecule has 0 saturated heterocycles. The molecule has 5 heteroatoms. The fourth-order valence-electron chi connectivity index (χ4n) is 2.06. The molecule has 0 radical (unpaired) electrons. The van der Waals surface area contributed by atoms with Crippen molar-refractivity contribution in [3.8, 4) is 0 Å². The van der Waals surface area contributed by atoms with Crippen molar-refractivity contribution in [2.24, 2.45) is 0 Å². The van der Waals surface area contributed by atoms with Crippen LogP contribution in [0.1, 0.15) is 36.0 Å². The lowest BCUT2D eigenvalue weighted by Crippen LogP contribution is -2.38. The van der Waals surface area contributed by atoms with E-state index in [0.717, 1.165) is 12.1 Å². The van der Waals surface area contributed by atoms with Gasteiger partial charge in [-0.25, -0.2) is 8.78 Å². The Balaban J connectivity index is 2.06. The minimum Gasteiger partial charge on any atom is -0.349 e.